The van der Waals surface area contributed by atoms with Gasteiger partial charge in [-0.25, -0.2) is 0 Å². The Morgan fingerprint density at radius 1 is 1.04 bits per heavy atom. The van der Waals surface area contributed by atoms with Crippen molar-refractivity contribution in [1.82, 2.24) is 0 Å². The minimum Gasteiger partial charge on any atom is -0.481 e. The summed E-state index contributed by atoms with van der Waals surface area (Å²) < 4.78 is 5.89. The Balaban J connectivity index is 1.75. The number of amides is 1. The van der Waals surface area contributed by atoms with Gasteiger partial charge in [0.05, 0.1) is 10.7 Å². The van der Waals surface area contributed by atoms with Gasteiger partial charge in [0.1, 0.15) is 5.75 Å². The second-order valence-electron chi connectivity index (χ2n) is 5.49. The molecule has 122 valence electrons. The van der Waals surface area contributed by atoms with Crippen LogP contribution in [-0.4, -0.2) is 12.0 Å². The number of hydrogen-bond donors (Lipinski definition) is 1. The summed E-state index contributed by atoms with van der Waals surface area (Å²) in [6.07, 6.45) is -0.0224. The third kappa shape index (κ3) is 3.69. The summed E-state index contributed by atoms with van der Waals surface area (Å²) in [5.41, 5.74) is 0.588. The molecular weight excluding hydrogens is 322 g/mol. The normalized spacial score (nSPS) is 11.9. The number of nitrogens with one attached hydrogen (secondary N) is 1. The lowest BCUT2D eigenvalue weighted by atomic mass is 10.1. The van der Waals surface area contributed by atoms with Gasteiger partial charge in [0.2, 0.25) is 0 Å². The van der Waals surface area contributed by atoms with Gasteiger partial charge in [0.15, 0.2) is 6.10 Å². The number of anilines is 1. The second-order valence-corrected chi connectivity index (χ2v) is 5.90. The average Bonchev–Trinajstić information content (AvgIpc) is 2.61. The van der Waals surface area contributed by atoms with Crippen molar-refractivity contribution in [2.24, 2.45) is 0 Å². The van der Waals surface area contributed by atoms with Crippen LogP contribution in [-0.2, 0) is 4.79 Å². The summed E-state index contributed by atoms with van der Waals surface area (Å²) in [4.78, 5) is 12.5. The van der Waals surface area contributed by atoms with E-state index in [1.54, 1.807) is 12.1 Å². The lowest BCUT2D eigenvalue weighted by Gasteiger charge is -2.18. The van der Waals surface area contributed by atoms with E-state index >= 15 is 0 Å². The van der Waals surface area contributed by atoms with Gasteiger partial charge in [-0.1, -0.05) is 61.0 Å². The van der Waals surface area contributed by atoms with E-state index in [-0.39, 0.29) is 5.91 Å². The molecule has 0 radical (unpaired) electrons. The predicted octanol–water partition coefficient (Wildman–Crippen LogP) is 5.29. The lowest BCUT2D eigenvalue weighted by molar-refractivity contribution is -0.122. The number of carbonyl (C=O) groups is 1. The molecule has 0 saturated heterocycles. The summed E-state index contributed by atoms with van der Waals surface area (Å²) in [6.45, 7) is 1.91. The Morgan fingerprint density at radius 3 is 2.50 bits per heavy atom. The third-order valence-electron chi connectivity index (χ3n) is 3.79. The van der Waals surface area contributed by atoms with Crippen LogP contribution in [0.15, 0.2) is 66.7 Å². The zero-order chi connectivity index (χ0) is 16.9. The molecular formula is C20H18ClNO2. The van der Waals surface area contributed by atoms with Crippen molar-refractivity contribution >= 4 is 34.0 Å². The van der Waals surface area contributed by atoms with Gasteiger partial charge < -0.3 is 10.1 Å². The molecule has 0 fully saturated rings. The van der Waals surface area contributed by atoms with E-state index in [1.807, 2.05) is 61.5 Å². The maximum atomic E-state index is 12.5. The van der Waals surface area contributed by atoms with Crippen LogP contribution in [0.4, 0.5) is 5.69 Å². The van der Waals surface area contributed by atoms with Gasteiger partial charge in [0, 0.05) is 0 Å². The first-order valence-corrected chi connectivity index (χ1v) is 8.26. The van der Waals surface area contributed by atoms with Crippen LogP contribution < -0.4 is 10.1 Å². The van der Waals surface area contributed by atoms with Gasteiger partial charge in [-0.15, -0.1) is 0 Å². The molecule has 1 N–H and O–H groups in total. The molecule has 24 heavy (non-hydrogen) atoms. The molecule has 0 spiro atoms. The molecule has 0 heterocycles. The highest BCUT2D eigenvalue weighted by atomic mass is 35.5. The van der Waals surface area contributed by atoms with Crippen molar-refractivity contribution in [3.8, 4) is 5.75 Å². The first-order valence-electron chi connectivity index (χ1n) is 7.88. The second kappa shape index (κ2) is 7.37. The smallest absolute Gasteiger partial charge is 0.265 e. The Hall–Kier alpha value is -2.52. The Kier molecular flexibility index (Phi) is 5.02. The molecule has 3 nitrogen and oxygen atoms in total. The summed E-state index contributed by atoms with van der Waals surface area (Å²) in [7, 11) is 0. The van der Waals surface area contributed by atoms with E-state index in [2.05, 4.69) is 5.32 Å². The van der Waals surface area contributed by atoms with Crippen molar-refractivity contribution < 1.29 is 9.53 Å². The first kappa shape index (κ1) is 16.3. The number of ether oxygens (including phenoxy) is 1. The summed E-state index contributed by atoms with van der Waals surface area (Å²) >= 11 is 6.09. The van der Waals surface area contributed by atoms with Crippen molar-refractivity contribution in [2.75, 3.05) is 5.32 Å². The lowest BCUT2D eigenvalue weighted by Crippen LogP contribution is -2.32. The third-order valence-corrected chi connectivity index (χ3v) is 4.12. The zero-order valence-electron chi connectivity index (χ0n) is 13.3. The van der Waals surface area contributed by atoms with Gasteiger partial charge in [-0.2, -0.15) is 0 Å². The zero-order valence-corrected chi connectivity index (χ0v) is 14.1. The maximum absolute atomic E-state index is 12.5. The fourth-order valence-electron chi connectivity index (χ4n) is 2.50. The van der Waals surface area contributed by atoms with Crippen LogP contribution in [0.2, 0.25) is 5.02 Å². The molecule has 0 aliphatic rings. The molecule has 3 rings (SSSR count). The molecule has 0 bridgehead atoms. The van der Waals surface area contributed by atoms with E-state index in [0.717, 1.165) is 10.8 Å². The van der Waals surface area contributed by atoms with Crippen LogP contribution in [0.3, 0.4) is 0 Å². The van der Waals surface area contributed by atoms with E-state index in [1.165, 1.54) is 0 Å². The molecule has 3 aromatic carbocycles. The number of halogens is 1. The van der Waals surface area contributed by atoms with E-state index in [0.29, 0.717) is 22.9 Å². The fraction of sp³-hybridized carbons (Fsp3) is 0.150. The van der Waals surface area contributed by atoms with Gasteiger partial charge in [-0.05, 0) is 41.5 Å². The van der Waals surface area contributed by atoms with Crippen LogP contribution in [0.25, 0.3) is 10.8 Å². The molecule has 3 aromatic rings. The highest BCUT2D eigenvalue weighted by molar-refractivity contribution is 6.33. The number of fused-ring (bicyclic) bond motifs is 1. The molecule has 0 aliphatic carbocycles. The molecule has 1 atom stereocenters. The first-order chi connectivity index (χ1) is 11.7. The molecule has 4 heteroatoms. The van der Waals surface area contributed by atoms with E-state index < -0.39 is 6.10 Å². The minimum atomic E-state index is -0.581. The molecule has 0 saturated carbocycles. The van der Waals surface area contributed by atoms with Crippen molar-refractivity contribution in [1.29, 1.82) is 0 Å². The minimum absolute atomic E-state index is 0.209. The van der Waals surface area contributed by atoms with Gasteiger partial charge >= 0.3 is 0 Å². The van der Waals surface area contributed by atoms with Gasteiger partial charge in [-0.3, -0.25) is 4.79 Å². The monoisotopic (exact) mass is 339 g/mol. The van der Waals surface area contributed by atoms with Crippen LogP contribution in [0.1, 0.15) is 13.3 Å². The van der Waals surface area contributed by atoms with Gasteiger partial charge in [0.25, 0.3) is 5.91 Å². The van der Waals surface area contributed by atoms with E-state index in [4.69, 9.17) is 16.3 Å². The molecule has 1 amide bonds. The number of rotatable bonds is 5. The number of benzene rings is 3. The molecule has 0 aliphatic heterocycles. The van der Waals surface area contributed by atoms with Crippen LogP contribution in [0, 0.1) is 0 Å². The summed E-state index contributed by atoms with van der Waals surface area (Å²) in [6, 6.07) is 21.0. The number of hydrogen-bond acceptors (Lipinski definition) is 2. The average molecular weight is 340 g/mol. The largest absolute Gasteiger partial charge is 0.481 e. The maximum Gasteiger partial charge on any atom is 0.265 e. The molecule has 0 aromatic heterocycles. The quantitative estimate of drug-likeness (QED) is 0.686. The fourth-order valence-corrected chi connectivity index (χ4v) is 2.69. The topological polar surface area (TPSA) is 38.3 Å². The number of para-hydroxylation sites is 1. The Labute approximate surface area is 146 Å². The highest BCUT2D eigenvalue weighted by Crippen LogP contribution is 2.24. The van der Waals surface area contributed by atoms with Crippen molar-refractivity contribution in [2.45, 2.75) is 19.4 Å². The number of carbonyl (C=O) groups excluding carboxylic acids is 1. The predicted molar refractivity (Wildman–Crippen MR) is 98.7 cm³/mol. The Morgan fingerprint density at radius 2 is 1.75 bits per heavy atom. The highest BCUT2D eigenvalue weighted by Gasteiger charge is 2.19. The Bertz CT molecular complexity index is 863. The summed E-state index contributed by atoms with van der Waals surface area (Å²) in [5.74, 6) is 0.466. The van der Waals surface area contributed by atoms with Crippen molar-refractivity contribution in [3.63, 3.8) is 0 Å². The SMILES string of the molecule is CC[C@@H](Oc1ccc2ccccc2c1)C(=O)Nc1ccccc1Cl. The summed E-state index contributed by atoms with van der Waals surface area (Å²) in [5, 5.41) is 5.55. The van der Waals surface area contributed by atoms with E-state index in [9.17, 15) is 4.79 Å². The van der Waals surface area contributed by atoms with Crippen LogP contribution >= 0.6 is 11.6 Å². The molecule has 0 unspecified atom stereocenters. The van der Waals surface area contributed by atoms with Crippen molar-refractivity contribution in [3.05, 3.63) is 71.8 Å². The van der Waals surface area contributed by atoms with Crippen LogP contribution in [0.5, 0.6) is 5.75 Å². The standard InChI is InChI=1S/C20H18ClNO2/c1-2-19(20(23)22-18-10-6-5-9-17(18)21)24-16-12-11-14-7-3-4-8-15(14)13-16/h3-13,19H,2H2,1H3,(H,22,23)/t19-/m1/s1.